The van der Waals surface area contributed by atoms with Crippen molar-refractivity contribution in [3.8, 4) is 11.1 Å². The van der Waals surface area contributed by atoms with E-state index < -0.39 is 43.4 Å². The van der Waals surface area contributed by atoms with Crippen molar-refractivity contribution >= 4 is 14.2 Å². The van der Waals surface area contributed by atoms with E-state index in [9.17, 15) is 22.4 Å². The Kier molecular flexibility index (Phi) is 7.52. The van der Waals surface area contributed by atoms with Crippen LogP contribution in [-0.4, -0.2) is 25.8 Å². The lowest BCUT2D eigenvalue weighted by Gasteiger charge is -2.47. The fourth-order valence-corrected chi connectivity index (χ4v) is 5.33. The first kappa shape index (κ1) is 28.9. The fraction of sp³-hybridized carbons (Fsp3) is 0.379. The number of aromatic nitrogens is 1. The number of hydrogen-bond acceptors (Lipinski definition) is 4. The van der Waals surface area contributed by atoms with Crippen molar-refractivity contribution in [2.24, 2.45) is 5.73 Å². The average Bonchev–Trinajstić information content (AvgIpc) is 2.82. The largest absolute Gasteiger partial charge is 0.433 e. The summed E-state index contributed by atoms with van der Waals surface area (Å²) in [5.41, 5.74) is 6.39. The molecule has 0 spiro atoms. The van der Waals surface area contributed by atoms with Crippen molar-refractivity contribution in [1.29, 1.82) is 0 Å². The van der Waals surface area contributed by atoms with Gasteiger partial charge in [0.15, 0.2) is 8.32 Å². The van der Waals surface area contributed by atoms with Crippen molar-refractivity contribution in [3.05, 3.63) is 89.0 Å². The van der Waals surface area contributed by atoms with Gasteiger partial charge in [0.1, 0.15) is 23.0 Å². The smallest absolute Gasteiger partial charge is 0.413 e. The second-order valence-corrected chi connectivity index (χ2v) is 16.2. The van der Waals surface area contributed by atoms with Crippen molar-refractivity contribution in [1.82, 2.24) is 4.98 Å². The zero-order chi connectivity index (χ0) is 28.8. The molecule has 208 valence electrons. The predicted molar refractivity (Wildman–Crippen MR) is 143 cm³/mol. The lowest BCUT2D eigenvalue weighted by molar-refractivity contribution is -0.167. The summed E-state index contributed by atoms with van der Waals surface area (Å²) >= 11 is 0. The maximum atomic E-state index is 13.5. The number of pyridine rings is 1. The molecule has 1 aromatic heterocycles. The third-order valence-corrected chi connectivity index (χ3v) is 12.4. The molecule has 1 fully saturated rings. The summed E-state index contributed by atoms with van der Waals surface area (Å²) in [6, 6.07) is 13.6. The molecule has 0 bridgehead atoms. The quantitative estimate of drug-likeness (QED) is 0.251. The van der Waals surface area contributed by atoms with Gasteiger partial charge in [-0.05, 0) is 58.6 Å². The van der Waals surface area contributed by atoms with Crippen LogP contribution < -0.4 is 5.73 Å². The number of carbonyl (C=O) groups excluding carboxylic acids is 1. The Bertz CT molecular complexity index is 1350. The first-order valence-electron chi connectivity index (χ1n) is 12.5. The van der Waals surface area contributed by atoms with Gasteiger partial charge in [0.2, 0.25) is 5.91 Å². The van der Waals surface area contributed by atoms with Crippen LogP contribution in [0.15, 0.2) is 60.8 Å². The molecule has 4 rings (SSSR count). The number of amides is 1. The molecule has 2 heterocycles. The second kappa shape index (κ2) is 10.1. The summed E-state index contributed by atoms with van der Waals surface area (Å²) in [6.45, 7) is 10.3. The standard InChI is InChI=1S/C29H32F4N2O3Si/c1-27(2,3)39(4,5)38-16-20-14-24(29(31,32)33)35-15-23(20)18-6-10-21(11-7-18)28(26(34)36)17-37-25(28)19-8-12-22(30)13-9-19/h6-15,25H,16-17H2,1-5H3,(H2,34,36). The zero-order valence-electron chi connectivity index (χ0n) is 22.5. The third kappa shape index (κ3) is 5.50. The summed E-state index contributed by atoms with van der Waals surface area (Å²) in [7, 11) is -2.25. The number of ether oxygens (including phenoxy) is 1. The minimum absolute atomic E-state index is 0.00484. The number of rotatable bonds is 7. The van der Waals surface area contributed by atoms with Gasteiger partial charge in [0.05, 0.1) is 13.2 Å². The van der Waals surface area contributed by atoms with Crippen LogP contribution >= 0.6 is 0 Å². The predicted octanol–water partition coefficient (Wildman–Crippen LogP) is 6.92. The van der Waals surface area contributed by atoms with Crippen LogP contribution in [0.4, 0.5) is 17.6 Å². The van der Waals surface area contributed by atoms with E-state index in [4.69, 9.17) is 14.9 Å². The summed E-state index contributed by atoms with van der Waals surface area (Å²) in [4.78, 5) is 16.4. The Labute approximate surface area is 226 Å². The molecular weight excluding hydrogens is 528 g/mol. The molecule has 39 heavy (non-hydrogen) atoms. The second-order valence-electron chi connectivity index (χ2n) is 11.4. The summed E-state index contributed by atoms with van der Waals surface area (Å²) < 4.78 is 65.9. The number of alkyl halides is 3. The number of benzene rings is 2. The third-order valence-electron chi connectivity index (χ3n) is 7.92. The zero-order valence-corrected chi connectivity index (χ0v) is 23.5. The van der Waals surface area contributed by atoms with E-state index in [2.05, 4.69) is 25.8 Å². The molecule has 10 heteroatoms. The topological polar surface area (TPSA) is 74.4 Å². The Morgan fingerprint density at radius 3 is 2.21 bits per heavy atom. The van der Waals surface area contributed by atoms with Gasteiger partial charge in [0.25, 0.3) is 0 Å². The van der Waals surface area contributed by atoms with E-state index in [1.165, 1.54) is 18.3 Å². The number of hydrogen-bond donors (Lipinski definition) is 1. The number of carbonyl (C=O) groups is 1. The first-order valence-corrected chi connectivity index (χ1v) is 15.4. The molecule has 3 aromatic rings. The molecule has 0 saturated carbocycles. The fourth-order valence-electron chi connectivity index (χ4n) is 4.38. The van der Waals surface area contributed by atoms with Crippen LogP contribution in [0.5, 0.6) is 0 Å². The molecule has 2 atom stereocenters. The van der Waals surface area contributed by atoms with Crippen molar-refractivity contribution < 1.29 is 31.5 Å². The highest BCUT2D eigenvalue weighted by Gasteiger charge is 2.55. The number of nitrogens with zero attached hydrogens (tertiary/aromatic N) is 1. The highest BCUT2D eigenvalue weighted by Crippen LogP contribution is 2.49. The molecule has 5 nitrogen and oxygen atoms in total. The summed E-state index contributed by atoms with van der Waals surface area (Å²) in [6.07, 6.45) is -4.08. The van der Waals surface area contributed by atoms with Crippen LogP contribution in [0.3, 0.4) is 0 Å². The Hall–Kier alpha value is -3.08. The Balaban J connectivity index is 1.70. The lowest BCUT2D eigenvalue weighted by Crippen LogP contribution is -2.58. The van der Waals surface area contributed by atoms with E-state index in [0.717, 1.165) is 6.07 Å². The molecule has 1 aliphatic heterocycles. The van der Waals surface area contributed by atoms with E-state index in [1.54, 1.807) is 36.4 Å². The van der Waals surface area contributed by atoms with Gasteiger partial charge in [-0.3, -0.25) is 9.78 Å². The minimum Gasteiger partial charge on any atom is -0.413 e. The van der Waals surface area contributed by atoms with Gasteiger partial charge in [-0.1, -0.05) is 57.2 Å². The number of nitrogens with two attached hydrogens (primary N) is 1. The van der Waals surface area contributed by atoms with Crippen LogP contribution in [0, 0.1) is 5.82 Å². The summed E-state index contributed by atoms with van der Waals surface area (Å²) in [5, 5.41) is -0.121. The van der Waals surface area contributed by atoms with E-state index in [-0.39, 0.29) is 18.3 Å². The van der Waals surface area contributed by atoms with Crippen molar-refractivity contribution in [2.75, 3.05) is 6.61 Å². The first-order chi connectivity index (χ1) is 18.1. The molecule has 2 aromatic carbocycles. The molecule has 2 unspecified atom stereocenters. The van der Waals surface area contributed by atoms with E-state index in [0.29, 0.717) is 27.8 Å². The van der Waals surface area contributed by atoms with Crippen LogP contribution in [0.2, 0.25) is 18.1 Å². The highest BCUT2D eigenvalue weighted by atomic mass is 28.4. The molecule has 0 aliphatic carbocycles. The van der Waals surface area contributed by atoms with Gasteiger partial charge in [-0.15, -0.1) is 0 Å². The molecular formula is C29H32F4N2O3Si. The molecule has 2 N–H and O–H groups in total. The Morgan fingerprint density at radius 2 is 1.72 bits per heavy atom. The molecule has 1 amide bonds. The van der Waals surface area contributed by atoms with E-state index >= 15 is 0 Å². The Morgan fingerprint density at radius 1 is 1.10 bits per heavy atom. The highest BCUT2D eigenvalue weighted by molar-refractivity contribution is 6.74. The van der Waals surface area contributed by atoms with E-state index in [1.807, 2.05) is 13.1 Å². The van der Waals surface area contributed by atoms with Gasteiger partial charge in [0, 0.05) is 11.8 Å². The maximum absolute atomic E-state index is 13.5. The number of primary amides is 1. The monoisotopic (exact) mass is 560 g/mol. The normalized spacial score (nSPS) is 20.0. The van der Waals surface area contributed by atoms with Gasteiger partial charge < -0.3 is 14.9 Å². The van der Waals surface area contributed by atoms with Crippen molar-refractivity contribution in [3.63, 3.8) is 0 Å². The number of halogens is 4. The molecule has 0 radical (unpaired) electrons. The maximum Gasteiger partial charge on any atom is 0.433 e. The lowest BCUT2D eigenvalue weighted by atomic mass is 9.69. The van der Waals surface area contributed by atoms with Crippen molar-refractivity contribution in [2.45, 2.75) is 63.2 Å². The average molecular weight is 561 g/mol. The van der Waals surface area contributed by atoms with Gasteiger partial charge in [-0.2, -0.15) is 13.2 Å². The van der Waals surface area contributed by atoms with Crippen LogP contribution in [0.25, 0.3) is 11.1 Å². The summed E-state index contributed by atoms with van der Waals surface area (Å²) in [5.74, 6) is -0.999. The molecule has 1 saturated heterocycles. The van der Waals surface area contributed by atoms with Crippen LogP contribution in [0.1, 0.15) is 49.3 Å². The van der Waals surface area contributed by atoms with Gasteiger partial charge >= 0.3 is 6.18 Å². The minimum atomic E-state index is -4.60. The molecule has 1 aliphatic rings. The van der Waals surface area contributed by atoms with Gasteiger partial charge in [-0.25, -0.2) is 4.39 Å². The SMILES string of the molecule is CC(C)(C)[Si](C)(C)OCc1cc(C(F)(F)F)ncc1-c1ccc(C2(C(N)=O)COC2c2ccc(F)cc2)cc1. The van der Waals surface area contributed by atoms with Crippen LogP contribution in [-0.2, 0) is 32.2 Å².